The molecule has 2 rings (SSSR count). The Labute approximate surface area is 131 Å². The van der Waals surface area contributed by atoms with Crippen LogP contribution in [0.15, 0.2) is 16.3 Å². The first-order valence-corrected chi connectivity index (χ1v) is 9.90. The summed E-state index contributed by atoms with van der Waals surface area (Å²) >= 11 is 1.39. The minimum absolute atomic E-state index is 0.333. The standard InChI is InChI=1S/C14H25N3O2S2/c1-12-5-2-3-7-17(12)8-4-6-16-21(18,19)14-9-13(10-15)20-11-14/h9,11-12,16H,2-8,10,15H2,1H3. The lowest BCUT2D eigenvalue weighted by molar-refractivity contribution is 0.159. The van der Waals surface area contributed by atoms with Gasteiger partial charge in [-0.3, -0.25) is 0 Å². The molecule has 1 saturated heterocycles. The van der Waals surface area contributed by atoms with Gasteiger partial charge >= 0.3 is 0 Å². The lowest BCUT2D eigenvalue weighted by atomic mass is 10.0. The Kier molecular flexibility index (Phi) is 6.19. The highest BCUT2D eigenvalue weighted by molar-refractivity contribution is 7.89. The van der Waals surface area contributed by atoms with Gasteiger partial charge in [0.2, 0.25) is 10.0 Å². The molecule has 5 nitrogen and oxygen atoms in total. The zero-order valence-corrected chi connectivity index (χ0v) is 14.2. The SMILES string of the molecule is CC1CCCCN1CCCNS(=O)(=O)c1csc(CN)c1. The van der Waals surface area contributed by atoms with E-state index in [2.05, 4.69) is 16.5 Å². The molecule has 1 aliphatic heterocycles. The van der Waals surface area contributed by atoms with E-state index in [4.69, 9.17) is 5.73 Å². The first-order valence-electron chi connectivity index (χ1n) is 7.54. The second-order valence-corrected chi connectivity index (χ2v) is 8.35. The summed E-state index contributed by atoms with van der Waals surface area (Å²) in [6, 6.07) is 2.28. The van der Waals surface area contributed by atoms with Gasteiger partial charge in [-0.05, 0) is 45.3 Å². The molecule has 1 aromatic heterocycles. The molecule has 1 aromatic rings. The second-order valence-electron chi connectivity index (χ2n) is 5.58. The quantitative estimate of drug-likeness (QED) is 0.747. The number of thiophene rings is 1. The third-order valence-electron chi connectivity index (χ3n) is 4.00. The number of piperidine rings is 1. The van der Waals surface area contributed by atoms with E-state index in [0.717, 1.165) is 24.4 Å². The maximum Gasteiger partial charge on any atom is 0.241 e. The van der Waals surface area contributed by atoms with Crippen LogP contribution in [0.5, 0.6) is 0 Å². The molecule has 0 bridgehead atoms. The number of hydrogen-bond donors (Lipinski definition) is 2. The number of sulfonamides is 1. The summed E-state index contributed by atoms with van der Waals surface area (Å²) in [7, 11) is -3.38. The average Bonchev–Trinajstić information content (AvgIpc) is 2.95. The fourth-order valence-electron chi connectivity index (χ4n) is 2.67. The zero-order chi connectivity index (χ0) is 15.3. The number of nitrogens with zero attached hydrogens (tertiary/aromatic N) is 1. The minimum atomic E-state index is -3.38. The van der Waals surface area contributed by atoms with Crippen LogP contribution >= 0.6 is 11.3 Å². The molecule has 1 fully saturated rings. The highest BCUT2D eigenvalue weighted by atomic mass is 32.2. The summed E-state index contributed by atoms with van der Waals surface area (Å²) < 4.78 is 26.9. The lowest BCUT2D eigenvalue weighted by Gasteiger charge is -2.33. The second kappa shape index (κ2) is 7.69. The Bertz CT molecular complexity index is 542. The monoisotopic (exact) mass is 331 g/mol. The van der Waals surface area contributed by atoms with Gasteiger partial charge < -0.3 is 10.6 Å². The summed E-state index contributed by atoms with van der Waals surface area (Å²) in [6.45, 7) is 5.22. The van der Waals surface area contributed by atoms with Gasteiger partial charge in [-0.15, -0.1) is 11.3 Å². The van der Waals surface area contributed by atoms with Crippen LogP contribution in [0.2, 0.25) is 0 Å². The van der Waals surface area contributed by atoms with Gasteiger partial charge in [0.25, 0.3) is 0 Å². The van der Waals surface area contributed by atoms with Crippen LogP contribution in [0, 0.1) is 0 Å². The van der Waals surface area contributed by atoms with E-state index in [-0.39, 0.29) is 0 Å². The number of nitrogens with one attached hydrogen (secondary N) is 1. The summed E-state index contributed by atoms with van der Waals surface area (Å²) in [5, 5.41) is 1.65. The number of rotatable bonds is 7. The molecule has 1 atom stereocenters. The van der Waals surface area contributed by atoms with Gasteiger partial charge in [-0.1, -0.05) is 6.42 Å². The lowest BCUT2D eigenvalue weighted by Crippen LogP contribution is -2.39. The normalized spacial score (nSPS) is 20.8. The Morgan fingerprint density at radius 2 is 2.29 bits per heavy atom. The van der Waals surface area contributed by atoms with Crippen LogP contribution in [0.25, 0.3) is 0 Å². The van der Waals surface area contributed by atoms with Gasteiger partial charge in [0, 0.05) is 29.4 Å². The first-order chi connectivity index (χ1) is 10.0. The van der Waals surface area contributed by atoms with Crippen LogP contribution in [0.4, 0.5) is 0 Å². The Hall–Kier alpha value is -0.470. The van der Waals surface area contributed by atoms with Gasteiger partial charge in [0.15, 0.2) is 0 Å². The van der Waals surface area contributed by atoms with Crippen molar-refractivity contribution in [1.29, 1.82) is 0 Å². The molecule has 0 saturated carbocycles. The predicted octanol–water partition coefficient (Wildman–Crippen LogP) is 1.75. The van der Waals surface area contributed by atoms with Gasteiger partial charge in [-0.25, -0.2) is 13.1 Å². The van der Waals surface area contributed by atoms with Gasteiger partial charge in [0.1, 0.15) is 0 Å². The molecule has 21 heavy (non-hydrogen) atoms. The Balaban J connectivity index is 1.77. The van der Waals surface area contributed by atoms with E-state index < -0.39 is 10.0 Å². The van der Waals surface area contributed by atoms with Crippen molar-refractivity contribution in [2.75, 3.05) is 19.6 Å². The molecular weight excluding hydrogens is 306 g/mol. The number of hydrogen-bond acceptors (Lipinski definition) is 5. The smallest absolute Gasteiger partial charge is 0.241 e. The molecule has 0 aliphatic carbocycles. The highest BCUT2D eigenvalue weighted by Gasteiger charge is 2.18. The maximum absolute atomic E-state index is 12.1. The Morgan fingerprint density at radius 3 is 2.95 bits per heavy atom. The van der Waals surface area contributed by atoms with Gasteiger partial charge in [0.05, 0.1) is 4.90 Å². The van der Waals surface area contributed by atoms with Crippen molar-refractivity contribution in [3.8, 4) is 0 Å². The van der Waals surface area contributed by atoms with E-state index in [0.29, 0.717) is 24.0 Å². The largest absolute Gasteiger partial charge is 0.326 e. The number of nitrogens with two attached hydrogens (primary N) is 1. The van der Waals surface area contributed by atoms with Crippen LogP contribution in [0.3, 0.4) is 0 Å². The summed E-state index contributed by atoms with van der Waals surface area (Å²) in [6.07, 6.45) is 4.67. The fourth-order valence-corrected chi connectivity index (χ4v) is 4.90. The van der Waals surface area contributed by atoms with Gasteiger partial charge in [-0.2, -0.15) is 0 Å². The summed E-state index contributed by atoms with van der Waals surface area (Å²) in [4.78, 5) is 3.67. The highest BCUT2D eigenvalue weighted by Crippen LogP contribution is 2.19. The fraction of sp³-hybridized carbons (Fsp3) is 0.714. The molecule has 1 unspecified atom stereocenters. The van der Waals surface area contributed by atoms with Crippen LogP contribution in [0.1, 0.15) is 37.5 Å². The molecule has 3 N–H and O–H groups in total. The third-order valence-corrected chi connectivity index (χ3v) is 6.54. The van der Waals surface area contributed by atoms with E-state index >= 15 is 0 Å². The molecule has 0 amide bonds. The predicted molar refractivity (Wildman–Crippen MR) is 86.9 cm³/mol. The van der Waals surface area contributed by atoms with Crippen molar-refractivity contribution in [3.63, 3.8) is 0 Å². The molecule has 2 heterocycles. The summed E-state index contributed by atoms with van der Waals surface area (Å²) in [5.41, 5.74) is 5.51. The van der Waals surface area contributed by atoms with Crippen LogP contribution in [-0.2, 0) is 16.6 Å². The molecule has 0 spiro atoms. The zero-order valence-electron chi connectivity index (χ0n) is 12.5. The molecule has 0 radical (unpaired) electrons. The minimum Gasteiger partial charge on any atom is -0.326 e. The molecule has 1 aliphatic rings. The van der Waals surface area contributed by atoms with Crippen molar-refractivity contribution < 1.29 is 8.42 Å². The van der Waals surface area contributed by atoms with Crippen molar-refractivity contribution >= 4 is 21.4 Å². The van der Waals surface area contributed by atoms with Crippen molar-refractivity contribution in [1.82, 2.24) is 9.62 Å². The van der Waals surface area contributed by atoms with E-state index in [1.54, 1.807) is 11.4 Å². The van der Waals surface area contributed by atoms with E-state index in [9.17, 15) is 8.42 Å². The molecule has 120 valence electrons. The average molecular weight is 332 g/mol. The summed E-state index contributed by atoms with van der Waals surface area (Å²) in [5.74, 6) is 0. The van der Waals surface area contributed by atoms with Crippen LogP contribution < -0.4 is 10.5 Å². The van der Waals surface area contributed by atoms with Crippen molar-refractivity contribution in [2.24, 2.45) is 5.73 Å². The topological polar surface area (TPSA) is 75.4 Å². The Morgan fingerprint density at radius 1 is 1.48 bits per heavy atom. The van der Waals surface area contributed by atoms with Crippen LogP contribution in [-0.4, -0.2) is 39.0 Å². The number of likely N-dealkylation sites (tertiary alicyclic amines) is 1. The molecular formula is C14H25N3O2S2. The van der Waals surface area contributed by atoms with Crippen molar-refractivity contribution in [2.45, 2.75) is 50.1 Å². The maximum atomic E-state index is 12.1. The molecule has 0 aromatic carbocycles. The third kappa shape index (κ3) is 4.75. The molecule has 7 heteroatoms. The first kappa shape index (κ1) is 16.9. The van der Waals surface area contributed by atoms with E-state index in [1.165, 1.54) is 30.6 Å². The van der Waals surface area contributed by atoms with Crippen molar-refractivity contribution in [3.05, 3.63) is 16.3 Å². The van der Waals surface area contributed by atoms with E-state index in [1.807, 2.05) is 0 Å².